The lowest BCUT2D eigenvalue weighted by Crippen LogP contribution is -2.25. The van der Waals surface area contributed by atoms with Gasteiger partial charge in [-0.3, -0.25) is 19.2 Å². The molecule has 7 rings (SSSR count). The topological polar surface area (TPSA) is 170 Å². The van der Waals surface area contributed by atoms with Crippen LogP contribution in [0.3, 0.4) is 0 Å². The molecule has 290 valence electrons. The normalized spacial score (nSPS) is 12.7. The fourth-order valence-electron chi connectivity index (χ4n) is 6.33. The minimum Gasteiger partial charge on any atom is -0.494 e. The Morgan fingerprint density at radius 1 is 0.732 bits per heavy atom. The Balaban J connectivity index is 0.000000190. The highest BCUT2D eigenvalue weighted by Crippen LogP contribution is 2.33. The van der Waals surface area contributed by atoms with Crippen molar-refractivity contribution in [2.24, 2.45) is 0 Å². The van der Waals surface area contributed by atoms with Crippen LogP contribution in [0, 0.1) is 0 Å². The van der Waals surface area contributed by atoms with E-state index in [1.807, 2.05) is 25.1 Å². The highest BCUT2D eigenvalue weighted by molar-refractivity contribution is 6.09. The zero-order valence-corrected chi connectivity index (χ0v) is 31.4. The van der Waals surface area contributed by atoms with Crippen molar-refractivity contribution in [1.82, 2.24) is 9.13 Å². The fraction of sp³-hybridized carbons (Fsp3) is 0.256. The largest absolute Gasteiger partial charge is 0.494 e. The molecule has 2 unspecified atom stereocenters. The third-order valence-electron chi connectivity index (χ3n) is 9.43. The summed E-state index contributed by atoms with van der Waals surface area (Å²) in [5.41, 5.74) is 2.21. The van der Waals surface area contributed by atoms with Gasteiger partial charge in [0.1, 0.15) is 5.75 Å². The van der Waals surface area contributed by atoms with E-state index in [0.29, 0.717) is 69.4 Å². The Labute approximate surface area is 322 Å². The first-order valence-electron chi connectivity index (χ1n) is 18.3. The number of ether oxygens (including phenoxy) is 3. The standard InChI is InChI=1S/C22H22N2O5.C21H22N2O4/c1-14(12-25)24-10-9-16-17(22(24)27)3-2-4-18(16)23-21(26)8-6-15-5-7-19-20(11-15)29-13-28-19;1-3-27-16-7-4-6-15(12-16)20(25)22-19-9-5-8-18-17(19)10-11-23(21(18)26)14(2)13-24/h2-5,7,9-11,14,25H,6,8,12-13H2,1H3,(H,23,26);4-12,14,24H,3,13H2,1-2H3,(H,22,25). The number of hydrogen-bond acceptors (Lipinski definition) is 9. The van der Waals surface area contributed by atoms with E-state index in [1.165, 1.54) is 9.13 Å². The van der Waals surface area contributed by atoms with E-state index >= 15 is 0 Å². The number of aryl methyl sites for hydroxylation is 1. The van der Waals surface area contributed by atoms with Gasteiger partial charge in [0, 0.05) is 57.3 Å². The van der Waals surface area contributed by atoms with Gasteiger partial charge in [-0.05, 0) is 99.5 Å². The second kappa shape index (κ2) is 17.8. The number of aliphatic hydroxyl groups excluding tert-OH is 2. The zero-order valence-electron chi connectivity index (χ0n) is 31.4. The van der Waals surface area contributed by atoms with Crippen molar-refractivity contribution in [2.75, 3.05) is 37.2 Å². The average molecular weight is 761 g/mol. The summed E-state index contributed by atoms with van der Waals surface area (Å²) in [6.45, 7) is 5.91. The molecule has 13 heteroatoms. The fourth-order valence-corrected chi connectivity index (χ4v) is 6.33. The van der Waals surface area contributed by atoms with Crippen molar-refractivity contribution in [3.05, 3.63) is 135 Å². The molecule has 1 aliphatic rings. The second-order valence-electron chi connectivity index (χ2n) is 13.3. The molecule has 0 radical (unpaired) electrons. The molecule has 4 aromatic carbocycles. The summed E-state index contributed by atoms with van der Waals surface area (Å²) in [5, 5.41) is 26.7. The quantitative estimate of drug-likeness (QED) is 0.116. The first kappa shape index (κ1) is 39.3. The van der Waals surface area contributed by atoms with Crippen LogP contribution in [0.25, 0.3) is 21.5 Å². The Bertz CT molecular complexity index is 2490. The lowest BCUT2D eigenvalue weighted by molar-refractivity contribution is -0.116. The van der Waals surface area contributed by atoms with Crippen LogP contribution in [0.5, 0.6) is 17.2 Å². The average Bonchev–Trinajstić information content (AvgIpc) is 3.69. The summed E-state index contributed by atoms with van der Waals surface area (Å²) in [5.74, 6) is 1.63. The number of nitrogens with one attached hydrogen (secondary N) is 2. The highest BCUT2D eigenvalue weighted by atomic mass is 16.7. The van der Waals surface area contributed by atoms with Gasteiger partial charge in [0.25, 0.3) is 17.0 Å². The number of rotatable bonds is 12. The predicted octanol–water partition coefficient (Wildman–Crippen LogP) is 6.06. The third kappa shape index (κ3) is 8.75. The van der Waals surface area contributed by atoms with Crippen LogP contribution < -0.4 is 36.0 Å². The third-order valence-corrected chi connectivity index (χ3v) is 9.43. The Morgan fingerprint density at radius 2 is 1.32 bits per heavy atom. The van der Waals surface area contributed by atoms with Crippen LogP contribution in [0.1, 0.15) is 55.2 Å². The number of anilines is 2. The van der Waals surface area contributed by atoms with Crippen molar-refractivity contribution in [3.63, 3.8) is 0 Å². The lowest BCUT2D eigenvalue weighted by Gasteiger charge is -2.15. The van der Waals surface area contributed by atoms with E-state index in [1.54, 1.807) is 99.0 Å². The number of benzene rings is 4. The molecule has 2 aromatic heterocycles. The van der Waals surface area contributed by atoms with Gasteiger partial charge in [0.05, 0.1) is 31.9 Å². The van der Waals surface area contributed by atoms with Crippen molar-refractivity contribution in [2.45, 2.75) is 45.7 Å². The Hall–Kier alpha value is -6.44. The highest BCUT2D eigenvalue weighted by Gasteiger charge is 2.16. The molecule has 4 N–H and O–H groups in total. The number of amides is 2. The maximum absolute atomic E-state index is 12.7. The predicted molar refractivity (Wildman–Crippen MR) is 215 cm³/mol. The van der Waals surface area contributed by atoms with Crippen LogP contribution >= 0.6 is 0 Å². The lowest BCUT2D eigenvalue weighted by atomic mass is 10.1. The van der Waals surface area contributed by atoms with Crippen molar-refractivity contribution in [3.8, 4) is 17.2 Å². The molecular weight excluding hydrogens is 716 g/mol. The molecule has 56 heavy (non-hydrogen) atoms. The van der Waals surface area contributed by atoms with Crippen molar-refractivity contribution < 1.29 is 34.0 Å². The maximum Gasteiger partial charge on any atom is 0.258 e. The van der Waals surface area contributed by atoms with Gasteiger partial charge in [-0.1, -0.05) is 24.3 Å². The molecule has 0 aliphatic carbocycles. The molecule has 3 heterocycles. The minimum absolute atomic E-state index is 0.123. The van der Waals surface area contributed by atoms with Crippen molar-refractivity contribution in [1.29, 1.82) is 0 Å². The molecule has 0 bridgehead atoms. The molecule has 0 saturated heterocycles. The second-order valence-corrected chi connectivity index (χ2v) is 13.3. The van der Waals surface area contributed by atoms with E-state index in [2.05, 4.69) is 10.6 Å². The maximum atomic E-state index is 12.7. The molecule has 0 saturated carbocycles. The van der Waals surface area contributed by atoms with Gasteiger partial charge in [-0.2, -0.15) is 0 Å². The van der Waals surface area contributed by atoms with E-state index in [0.717, 1.165) is 11.3 Å². The van der Waals surface area contributed by atoms with Gasteiger partial charge in [0.2, 0.25) is 12.7 Å². The van der Waals surface area contributed by atoms with Gasteiger partial charge in [0.15, 0.2) is 11.5 Å². The number of carbonyl (C=O) groups is 2. The molecule has 2 atom stereocenters. The first-order chi connectivity index (χ1) is 27.1. The summed E-state index contributed by atoms with van der Waals surface area (Å²) in [6, 6.07) is 26.0. The molecule has 0 fully saturated rings. The number of hydrogen-bond donors (Lipinski definition) is 4. The van der Waals surface area contributed by atoms with Crippen LogP contribution in [0.15, 0.2) is 113 Å². The van der Waals surface area contributed by atoms with E-state index in [-0.39, 0.29) is 55.0 Å². The number of aliphatic hydroxyl groups is 2. The van der Waals surface area contributed by atoms with Crippen LogP contribution in [0.4, 0.5) is 11.4 Å². The summed E-state index contributed by atoms with van der Waals surface area (Å²) in [7, 11) is 0. The number of nitrogens with zero attached hydrogens (tertiary/aromatic N) is 2. The molecular formula is C43H44N4O9. The van der Waals surface area contributed by atoms with Crippen LogP contribution in [-0.2, 0) is 11.2 Å². The smallest absolute Gasteiger partial charge is 0.258 e. The minimum atomic E-state index is -0.318. The van der Waals surface area contributed by atoms with E-state index in [9.17, 15) is 29.4 Å². The molecule has 0 spiro atoms. The monoisotopic (exact) mass is 760 g/mol. The van der Waals surface area contributed by atoms with Gasteiger partial charge in [-0.25, -0.2) is 0 Å². The summed E-state index contributed by atoms with van der Waals surface area (Å²) >= 11 is 0. The van der Waals surface area contributed by atoms with Gasteiger partial charge in [-0.15, -0.1) is 0 Å². The van der Waals surface area contributed by atoms with E-state index < -0.39 is 0 Å². The van der Waals surface area contributed by atoms with Crippen molar-refractivity contribution >= 4 is 44.7 Å². The Morgan fingerprint density at radius 3 is 1.93 bits per heavy atom. The number of fused-ring (bicyclic) bond motifs is 3. The summed E-state index contributed by atoms with van der Waals surface area (Å²) in [6.07, 6.45) is 4.15. The SMILES string of the molecule is CC(CO)n1ccc2c(NC(=O)CCc3ccc4c(c3)OCO4)cccc2c1=O.CCOc1cccc(C(=O)Nc2cccc3c(=O)n(C(C)CO)ccc23)c1. The van der Waals surface area contributed by atoms with Crippen LogP contribution in [0.2, 0.25) is 0 Å². The number of pyridine rings is 2. The van der Waals surface area contributed by atoms with Gasteiger partial charge >= 0.3 is 0 Å². The summed E-state index contributed by atoms with van der Waals surface area (Å²) in [4.78, 5) is 50.5. The summed E-state index contributed by atoms with van der Waals surface area (Å²) < 4.78 is 19.1. The molecule has 2 amide bonds. The van der Waals surface area contributed by atoms with Gasteiger partial charge < -0.3 is 44.2 Å². The van der Waals surface area contributed by atoms with Crippen LogP contribution in [-0.4, -0.2) is 57.8 Å². The Kier molecular flexibility index (Phi) is 12.5. The zero-order chi connectivity index (χ0) is 39.8. The molecule has 13 nitrogen and oxygen atoms in total. The number of carbonyl (C=O) groups excluding carboxylic acids is 2. The molecule has 6 aromatic rings. The molecule has 1 aliphatic heterocycles. The first-order valence-corrected chi connectivity index (χ1v) is 18.3. The number of aromatic nitrogens is 2. The van der Waals surface area contributed by atoms with E-state index in [4.69, 9.17) is 14.2 Å².